The fourth-order valence-electron chi connectivity index (χ4n) is 1.92. The Morgan fingerprint density at radius 3 is 2.19 bits per heavy atom. The molecule has 0 saturated carbocycles. The Kier molecular flexibility index (Phi) is 5.12. The van der Waals surface area contributed by atoms with Crippen LogP contribution in [0, 0.1) is 0 Å². The molecule has 4 heteroatoms. The van der Waals surface area contributed by atoms with E-state index in [1.54, 1.807) is 24.3 Å². The van der Waals surface area contributed by atoms with Gasteiger partial charge in [0, 0.05) is 22.7 Å². The molecule has 0 radical (unpaired) electrons. The molecule has 3 nitrogen and oxygen atoms in total. The lowest BCUT2D eigenvalue weighted by atomic mass is 10.1. The van der Waals surface area contributed by atoms with E-state index in [1.165, 1.54) is 6.92 Å². The second-order valence-electron chi connectivity index (χ2n) is 4.81. The molecule has 2 aromatic carbocycles. The zero-order chi connectivity index (χ0) is 15.2. The minimum Gasteiger partial charge on any atom is -0.326 e. The molecular formula is C17H16ClNO2. The van der Waals surface area contributed by atoms with Crippen molar-refractivity contribution in [1.82, 2.24) is 0 Å². The topological polar surface area (TPSA) is 46.2 Å². The molecule has 108 valence electrons. The van der Waals surface area contributed by atoms with Gasteiger partial charge in [0.05, 0.1) is 0 Å². The SMILES string of the molecule is CC(=O)c1ccc(NC(=O)CCc2ccc(Cl)cc2)cc1. The third-order valence-electron chi connectivity index (χ3n) is 3.13. The van der Waals surface area contributed by atoms with Gasteiger partial charge in [-0.1, -0.05) is 23.7 Å². The van der Waals surface area contributed by atoms with E-state index >= 15 is 0 Å². The van der Waals surface area contributed by atoms with Crippen molar-refractivity contribution in [3.8, 4) is 0 Å². The summed E-state index contributed by atoms with van der Waals surface area (Å²) < 4.78 is 0. The van der Waals surface area contributed by atoms with Crippen molar-refractivity contribution in [3.63, 3.8) is 0 Å². The number of benzene rings is 2. The van der Waals surface area contributed by atoms with Crippen LogP contribution in [-0.4, -0.2) is 11.7 Å². The van der Waals surface area contributed by atoms with E-state index in [2.05, 4.69) is 5.32 Å². The van der Waals surface area contributed by atoms with E-state index in [1.807, 2.05) is 24.3 Å². The zero-order valence-electron chi connectivity index (χ0n) is 11.7. The zero-order valence-corrected chi connectivity index (χ0v) is 12.5. The average molecular weight is 302 g/mol. The van der Waals surface area contributed by atoms with Crippen molar-refractivity contribution in [2.45, 2.75) is 19.8 Å². The van der Waals surface area contributed by atoms with E-state index in [9.17, 15) is 9.59 Å². The van der Waals surface area contributed by atoms with Crippen molar-refractivity contribution < 1.29 is 9.59 Å². The van der Waals surface area contributed by atoms with E-state index < -0.39 is 0 Å². The Balaban J connectivity index is 1.86. The molecule has 0 aliphatic heterocycles. The summed E-state index contributed by atoms with van der Waals surface area (Å²) in [6, 6.07) is 14.3. The van der Waals surface area contributed by atoms with Crippen molar-refractivity contribution in [3.05, 3.63) is 64.7 Å². The van der Waals surface area contributed by atoms with Crippen molar-refractivity contribution in [2.75, 3.05) is 5.32 Å². The lowest BCUT2D eigenvalue weighted by Gasteiger charge is -2.06. The number of ketones is 1. The van der Waals surface area contributed by atoms with Crippen LogP contribution in [0.15, 0.2) is 48.5 Å². The Bertz CT molecular complexity index is 633. The summed E-state index contributed by atoms with van der Waals surface area (Å²) in [5.41, 5.74) is 2.40. The predicted molar refractivity (Wildman–Crippen MR) is 84.8 cm³/mol. The van der Waals surface area contributed by atoms with Gasteiger partial charge in [-0.25, -0.2) is 0 Å². The van der Waals surface area contributed by atoms with Gasteiger partial charge in [0.15, 0.2) is 5.78 Å². The Morgan fingerprint density at radius 1 is 1.00 bits per heavy atom. The standard InChI is InChI=1S/C17H16ClNO2/c1-12(20)14-5-9-16(10-6-14)19-17(21)11-4-13-2-7-15(18)8-3-13/h2-3,5-10H,4,11H2,1H3,(H,19,21). The lowest BCUT2D eigenvalue weighted by Crippen LogP contribution is -2.12. The highest BCUT2D eigenvalue weighted by molar-refractivity contribution is 6.30. The second kappa shape index (κ2) is 7.04. The van der Waals surface area contributed by atoms with Crippen molar-refractivity contribution >= 4 is 29.0 Å². The van der Waals surface area contributed by atoms with Gasteiger partial charge >= 0.3 is 0 Å². The molecule has 0 heterocycles. The van der Waals surface area contributed by atoms with Gasteiger partial charge in [-0.15, -0.1) is 0 Å². The summed E-state index contributed by atoms with van der Waals surface area (Å²) >= 11 is 5.81. The molecule has 1 amide bonds. The Morgan fingerprint density at radius 2 is 1.62 bits per heavy atom. The molecule has 0 atom stereocenters. The molecule has 0 aromatic heterocycles. The lowest BCUT2D eigenvalue weighted by molar-refractivity contribution is -0.116. The van der Waals surface area contributed by atoms with Crippen LogP contribution < -0.4 is 5.32 Å². The summed E-state index contributed by atoms with van der Waals surface area (Å²) in [5, 5.41) is 3.50. The third-order valence-corrected chi connectivity index (χ3v) is 3.38. The number of aryl methyl sites for hydroxylation is 1. The maximum Gasteiger partial charge on any atom is 0.224 e. The van der Waals surface area contributed by atoms with Gasteiger partial charge in [0.2, 0.25) is 5.91 Å². The fourth-order valence-corrected chi connectivity index (χ4v) is 2.05. The molecule has 0 aliphatic rings. The first-order chi connectivity index (χ1) is 10.0. The van der Waals surface area contributed by atoms with Gasteiger partial charge in [-0.3, -0.25) is 9.59 Å². The van der Waals surface area contributed by atoms with Gasteiger partial charge in [-0.05, 0) is 55.3 Å². The van der Waals surface area contributed by atoms with Crippen LogP contribution in [0.3, 0.4) is 0 Å². The average Bonchev–Trinajstić information content (AvgIpc) is 2.47. The number of carbonyl (C=O) groups is 2. The van der Waals surface area contributed by atoms with Gasteiger partial charge in [0.1, 0.15) is 0 Å². The monoisotopic (exact) mass is 301 g/mol. The number of anilines is 1. The van der Waals surface area contributed by atoms with Crippen LogP contribution in [0.4, 0.5) is 5.69 Å². The molecule has 0 unspecified atom stereocenters. The molecule has 0 spiro atoms. The highest BCUT2D eigenvalue weighted by Gasteiger charge is 2.04. The number of Topliss-reactive ketones (excluding diaryl/α,β-unsaturated/α-hetero) is 1. The number of hydrogen-bond acceptors (Lipinski definition) is 2. The highest BCUT2D eigenvalue weighted by atomic mass is 35.5. The number of nitrogens with one attached hydrogen (secondary N) is 1. The number of amides is 1. The highest BCUT2D eigenvalue weighted by Crippen LogP contribution is 2.13. The molecule has 0 bridgehead atoms. The Labute approximate surface area is 128 Å². The molecular weight excluding hydrogens is 286 g/mol. The number of hydrogen-bond donors (Lipinski definition) is 1. The summed E-state index contributed by atoms with van der Waals surface area (Å²) in [6.07, 6.45) is 1.06. The molecule has 21 heavy (non-hydrogen) atoms. The van der Waals surface area contributed by atoms with Crippen LogP contribution in [0.1, 0.15) is 29.3 Å². The summed E-state index contributed by atoms with van der Waals surface area (Å²) in [7, 11) is 0. The van der Waals surface area contributed by atoms with Crippen LogP contribution in [-0.2, 0) is 11.2 Å². The molecule has 2 rings (SSSR count). The molecule has 2 aromatic rings. The molecule has 0 aliphatic carbocycles. The Hall–Kier alpha value is -2.13. The van der Waals surface area contributed by atoms with Gasteiger partial charge in [-0.2, -0.15) is 0 Å². The largest absolute Gasteiger partial charge is 0.326 e. The number of carbonyl (C=O) groups excluding carboxylic acids is 2. The van der Waals surface area contributed by atoms with E-state index in [4.69, 9.17) is 11.6 Å². The predicted octanol–water partition coefficient (Wildman–Crippen LogP) is 4.11. The second-order valence-corrected chi connectivity index (χ2v) is 5.24. The van der Waals surface area contributed by atoms with Crippen LogP contribution in [0.5, 0.6) is 0 Å². The van der Waals surface area contributed by atoms with Crippen LogP contribution in [0.2, 0.25) is 5.02 Å². The van der Waals surface area contributed by atoms with Gasteiger partial charge < -0.3 is 5.32 Å². The number of halogens is 1. The van der Waals surface area contributed by atoms with Crippen molar-refractivity contribution in [2.24, 2.45) is 0 Å². The summed E-state index contributed by atoms with van der Waals surface area (Å²) in [6.45, 7) is 1.51. The smallest absolute Gasteiger partial charge is 0.224 e. The van der Waals surface area contributed by atoms with Gasteiger partial charge in [0.25, 0.3) is 0 Å². The third kappa shape index (κ3) is 4.72. The van der Waals surface area contributed by atoms with Crippen LogP contribution >= 0.6 is 11.6 Å². The fraction of sp³-hybridized carbons (Fsp3) is 0.176. The molecule has 0 saturated heterocycles. The number of rotatable bonds is 5. The van der Waals surface area contributed by atoms with Crippen molar-refractivity contribution in [1.29, 1.82) is 0 Å². The quantitative estimate of drug-likeness (QED) is 0.845. The molecule has 1 N–H and O–H groups in total. The normalized spacial score (nSPS) is 10.2. The maximum absolute atomic E-state index is 11.9. The first-order valence-electron chi connectivity index (χ1n) is 6.70. The molecule has 0 fully saturated rings. The van der Waals surface area contributed by atoms with Crippen LogP contribution in [0.25, 0.3) is 0 Å². The minimum absolute atomic E-state index is 0.00983. The first kappa shape index (κ1) is 15.3. The maximum atomic E-state index is 11.9. The van der Waals surface area contributed by atoms with E-state index in [0.717, 1.165) is 5.56 Å². The minimum atomic E-state index is -0.0551. The first-order valence-corrected chi connectivity index (χ1v) is 7.08. The summed E-state index contributed by atoms with van der Waals surface area (Å²) in [4.78, 5) is 23.0. The van der Waals surface area contributed by atoms with E-state index in [0.29, 0.717) is 29.1 Å². The van der Waals surface area contributed by atoms with E-state index in [-0.39, 0.29) is 11.7 Å². The summed E-state index contributed by atoms with van der Waals surface area (Å²) in [5.74, 6) is -0.0452.